The van der Waals surface area contributed by atoms with Crippen molar-refractivity contribution in [1.29, 1.82) is 0 Å². The highest BCUT2D eigenvalue weighted by atomic mass is 79.9. The van der Waals surface area contributed by atoms with Crippen LogP contribution in [-0.4, -0.2) is 17.4 Å². The molecule has 0 aliphatic rings. The molecule has 1 amide bonds. The van der Waals surface area contributed by atoms with E-state index in [0.717, 1.165) is 21.6 Å². The number of aryl methyl sites for hydroxylation is 1. The first-order chi connectivity index (χ1) is 8.65. The van der Waals surface area contributed by atoms with Crippen LogP contribution in [0.1, 0.15) is 21.1 Å². The number of nitrogens with one attached hydrogen (secondary N) is 1. The third kappa shape index (κ3) is 3.65. The molecule has 18 heavy (non-hydrogen) atoms. The molecule has 0 saturated heterocycles. The lowest BCUT2D eigenvalue weighted by molar-refractivity contribution is 0.0954. The molecule has 0 aliphatic heterocycles. The molecule has 0 fully saturated rings. The van der Waals surface area contributed by atoms with Crippen molar-refractivity contribution in [2.45, 2.75) is 13.3 Å². The molecule has 0 bridgehead atoms. The average molecular weight is 325 g/mol. The SMILES string of the molecule is Cc1csc(CCNC(=O)c2ccc(Br)cc2)n1. The highest BCUT2D eigenvalue weighted by Crippen LogP contribution is 2.11. The van der Waals surface area contributed by atoms with Crippen LogP contribution >= 0.6 is 27.3 Å². The van der Waals surface area contributed by atoms with E-state index in [0.29, 0.717) is 12.1 Å². The van der Waals surface area contributed by atoms with Crippen molar-refractivity contribution in [3.8, 4) is 0 Å². The monoisotopic (exact) mass is 324 g/mol. The number of carbonyl (C=O) groups excluding carboxylic acids is 1. The number of aromatic nitrogens is 1. The summed E-state index contributed by atoms with van der Waals surface area (Å²) in [5, 5.41) is 5.97. The van der Waals surface area contributed by atoms with Gasteiger partial charge in [-0.15, -0.1) is 11.3 Å². The smallest absolute Gasteiger partial charge is 0.251 e. The number of hydrogen-bond acceptors (Lipinski definition) is 3. The molecular weight excluding hydrogens is 312 g/mol. The lowest BCUT2D eigenvalue weighted by atomic mass is 10.2. The van der Waals surface area contributed by atoms with E-state index in [1.54, 1.807) is 23.5 Å². The molecule has 0 aliphatic carbocycles. The van der Waals surface area contributed by atoms with Crippen LogP contribution in [0, 0.1) is 6.92 Å². The molecule has 1 N–H and O–H groups in total. The highest BCUT2D eigenvalue weighted by Gasteiger charge is 2.05. The van der Waals surface area contributed by atoms with E-state index in [1.165, 1.54) is 0 Å². The number of nitrogens with zero attached hydrogens (tertiary/aromatic N) is 1. The molecule has 0 saturated carbocycles. The van der Waals surface area contributed by atoms with Gasteiger partial charge in [-0.3, -0.25) is 4.79 Å². The summed E-state index contributed by atoms with van der Waals surface area (Å²) >= 11 is 4.97. The minimum Gasteiger partial charge on any atom is -0.352 e. The minimum atomic E-state index is -0.0456. The van der Waals surface area contributed by atoms with Gasteiger partial charge < -0.3 is 5.32 Å². The Bertz CT molecular complexity index is 536. The van der Waals surface area contributed by atoms with E-state index < -0.39 is 0 Å². The number of hydrogen-bond donors (Lipinski definition) is 1. The lowest BCUT2D eigenvalue weighted by Crippen LogP contribution is -2.25. The second kappa shape index (κ2) is 6.11. The highest BCUT2D eigenvalue weighted by molar-refractivity contribution is 9.10. The lowest BCUT2D eigenvalue weighted by Gasteiger charge is -2.03. The second-order valence-electron chi connectivity index (χ2n) is 3.90. The van der Waals surface area contributed by atoms with E-state index >= 15 is 0 Å². The molecule has 3 nitrogen and oxygen atoms in total. The van der Waals surface area contributed by atoms with Gasteiger partial charge in [0.2, 0.25) is 0 Å². The van der Waals surface area contributed by atoms with Gasteiger partial charge in [0, 0.05) is 34.1 Å². The molecular formula is C13H13BrN2OS. The Morgan fingerprint density at radius 1 is 1.39 bits per heavy atom. The van der Waals surface area contributed by atoms with Crippen molar-refractivity contribution in [2.75, 3.05) is 6.54 Å². The maximum Gasteiger partial charge on any atom is 0.251 e. The number of amides is 1. The largest absolute Gasteiger partial charge is 0.352 e. The van der Waals surface area contributed by atoms with Crippen LogP contribution in [0.2, 0.25) is 0 Å². The van der Waals surface area contributed by atoms with Crippen LogP contribution in [0.15, 0.2) is 34.1 Å². The predicted molar refractivity (Wildman–Crippen MR) is 77.0 cm³/mol. The van der Waals surface area contributed by atoms with Crippen LogP contribution in [0.4, 0.5) is 0 Å². The summed E-state index contributed by atoms with van der Waals surface area (Å²) in [4.78, 5) is 16.2. The topological polar surface area (TPSA) is 42.0 Å². The Kier molecular flexibility index (Phi) is 4.49. The fourth-order valence-corrected chi connectivity index (χ4v) is 2.54. The van der Waals surface area contributed by atoms with E-state index in [4.69, 9.17) is 0 Å². The Labute approximate surface area is 118 Å². The Morgan fingerprint density at radius 2 is 2.11 bits per heavy atom. The van der Waals surface area contributed by atoms with E-state index in [1.807, 2.05) is 24.4 Å². The number of thiazole rings is 1. The third-order valence-corrected chi connectivity index (χ3v) is 3.95. The van der Waals surface area contributed by atoms with Crippen molar-refractivity contribution < 1.29 is 4.79 Å². The summed E-state index contributed by atoms with van der Waals surface area (Å²) in [6, 6.07) is 7.32. The van der Waals surface area contributed by atoms with Gasteiger partial charge in [-0.2, -0.15) is 0 Å². The van der Waals surface area contributed by atoms with E-state index in [-0.39, 0.29) is 5.91 Å². The number of carbonyl (C=O) groups is 1. The molecule has 0 unspecified atom stereocenters. The van der Waals surface area contributed by atoms with Gasteiger partial charge in [0.05, 0.1) is 5.01 Å². The molecule has 1 aromatic heterocycles. The summed E-state index contributed by atoms with van der Waals surface area (Å²) in [6.07, 6.45) is 0.779. The van der Waals surface area contributed by atoms with Gasteiger partial charge in [0.1, 0.15) is 0 Å². The van der Waals surface area contributed by atoms with Crippen molar-refractivity contribution in [3.05, 3.63) is 50.4 Å². The second-order valence-corrected chi connectivity index (χ2v) is 5.75. The summed E-state index contributed by atoms with van der Waals surface area (Å²) in [7, 11) is 0. The standard InChI is InChI=1S/C13H13BrN2OS/c1-9-8-18-12(16-9)6-7-15-13(17)10-2-4-11(14)5-3-10/h2-5,8H,6-7H2,1H3,(H,15,17). The van der Waals surface area contributed by atoms with E-state index in [9.17, 15) is 4.79 Å². The Morgan fingerprint density at radius 3 is 2.72 bits per heavy atom. The summed E-state index contributed by atoms with van der Waals surface area (Å²) in [6.45, 7) is 2.59. The Hall–Kier alpha value is -1.20. The molecule has 2 aromatic rings. The molecule has 2 rings (SSSR count). The zero-order valence-electron chi connectivity index (χ0n) is 9.94. The first kappa shape index (κ1) is 13.2. The molecule has 94 valence electrons. The molecule has 5 heteroatoms. The van der Waals surface area contributed by atoms with Crippen LogP contribution in [-0.2, 0) is 6.42 Å². The Balaban J connectivity index is 1.83. The first-order valence-electron chi connectivity index (χ1n) is 5.60. The molecule has 1 aromatic carbocycles. The normalized spacial score (nSPS) is 10.3. The van der Waals surface area contributed by atoms with E-state index in [2.05, 4.69) is 26.2 Å². The van der Waals surface area contributed by atoms with Crippen LogP contribution in [0.3, 0.4) is 0 Å². The summed E-state index contributed by atoms with van der Waals surface area (Å²) in [5.74, 6) is -0.0456. The number of halogens is 1. The first-order valence-corrected chi connectivity index (χ1v) is 7.27. The fourth-order valence-electron chi connectivity index (χ4n) is 1.50. The third-order valence-electron chi connectivity index (χ3n) is 2.40. The zero-order valence-corrected chi connectivity index (χ0v) is 12.3. The number of rotatable bonds is 4. The van der Waals surface area contributed by atoms with Gasteiger partial charge in [-0.25, -0.2) is 4.98 Å². The van der Waals surface area contributed by atoms with Gasteiger partial charge in [0.15, 0.2) is 0 Å². The van der Waals surface area contributed by atoms with Crippen molar-refractivity contribution in [2.24, 2.45) is 0 Å². The maximum absolute atomic E-state index is 11.8. The minimum absolute atomic E-state index is 0.0456. The average Bonchev–Trinajstić information content (AvgIpc) is 2.76. The fraction of sp³-hybridized carbons (Fsp3) is 0.231. The summed E-state index contributed by atoms with van der Waals surface area (Å²) < 4.78 is 0.970. The quantitative estimate of drug-likeness (QED) is 0.938. The van der Waals surface area contributed by atoms with Crippen LogP contribution in [0.25, 0.3) is 0 Å². The van der Waals surface area contributed by atoms with Crippen molar-refractivity contribution >= 4 is 33.2 Å². The molecule has 1 heterocycles. The molecule has 0 spiro atoms. The van der Waals surface area contributed by atoms with Gasteiger partial charge >= 0.3 is 0 Å². The van der Waals surface area contributed by atoms with Crippen molar-refractivity contribution in [1.82, 2.24) is 10.3 Å². The molecule has 0 atom stereocenters. The predicted octanol–water partition coefficient (Wildman–Crippen LogP) is 3.19. The zero-order chi connectivity index (χ0) is 13.0. The maximum atomic E-state index is 11.8. The van der Waals surface area contributed by atoms with Crippen LogP contribution < -0.4 is 5.32 Å². The number of benzene rings is 1. The van der Waals surface area contributed by atoms with Crippen LogP contribution in [0.5, 0.6) is 0 Å². The van der Waals surface area contributed by atoms with Gasteiger partial charge in [-0.05, 0) is 31.2 Å². The van der Waals surface area contributed by atoms with Gasteiger partial charge in [0.25, 0.3) is 5.91 Å². The summed E-state index contributed by atoms with van der Waals surface area (Å²) in [5.41, 5.74) is 1.71. The molecule has 0 radical (unpaired) electrons. The van der Waals surface area contributed by atoms with Gasteiger partial charge in [-0.1, -0.05) is 15.9 Å². The van der Waals surface area contributed by atoms with Crippen molar-refractivity contribution in [3.63, 3.8) is 0 Å².